The maximum absolute atomic E-state index is 11.2. The molecule has 0 saturated carbocycles. The van der Waals surface area contributed by atoms with Crippen LogP contribution in [-0.4, -0.2) is 30.4 Å². The van der Waals surface area contributed by atoms with Crippen LogP contribution >= 0.6 is 0 Å². The molecule has 0 atom stereocenters. The summed E-state index contributed by atoms with van der Waals surface area (Å²) in [4.78, 5) is 13.3. The molecule has 1 fully saturated rings. The van der Waals surface area contributed by atoms with Gasteiger partial charge in [-0.3, -0.25) is 9.69 Å². The number of nitrogens with one attached hydrogen (secondary N) is 1. The first-order valence-electron chi connectivity index (χ1n) is 5.07. The molecule has 4 heteroatoms. The van der Waals surface area contributed by atoms with Crippen molar-refractivity contribution in [2.24, 2.45) is 0 Å². The van der Waals surface area contributed by atoms with Gasteiger partial charge in [0.15, 0.2) is 0 Å². The van der Waals surface area contributed by atoms with Gasteiger partial charge in [-0.25, -0.2) is 0 Å². The Morgan fingerprint density at radius 3 is 3.07 bits per heavy atom. The molecule has 3 N–H and O–H groups in total. The van der Waals surface area contributed by atoms with Crippen molar-refractivity contribution in [2.75, 3.05) is 25.4 Å². The number of piperazine rings is 1. The Labute approximate surface area is 89.1 Å². The van der Waals surface area contributed by atoms with E-state index in [1.54, 1.807) is 0 Å². The molecule has 1 aromatic carbocycles. The number of hydrogen-bond donors (Lipinski definition) is 2. The minimum atomic E-state index is 0.102. The van der Waals surface area contributed by atoms with E-state index >= 15 is 0 Å². The van der Waals surface area contributed by atoms with Crippen LogP contribution in [0.4, 0.5) is 5.69 Å². The van der Waals surface area contributed by atoms with Crippen LogP contribution in [0.3, 0.4) is 0 Å². The van der Waals surface area contributed by atoms with Crippen LogP contribution < -0.4 is 11.1 Å². The number of nitrogens with two attached hydrogens (primary N) is 1. The highest BCUT2D eigenvalue weighted by Gasteiger charge is 2.15. The maximum Gasteiger partial charge on any atom is 0.234 e. The maximum atomic E-state index is 11.2. The fourth-order valence-corrected chi connectivity index (χ4v) is 1.78. The zero-order valence-corrected chi connectivity index (χ0v) is 8.57. The van der Waals surface area contributed by atoms with Gasteiger partial charge in [0.1, 0.15) is 0 Å². The molecule has 1 aliphatic heterocycles. The van der Waals surface area contributed by atoms with Gasteiger partial charge in [-0.15, -0.1) is 0 Å². The van der Waals surface area contributed by atoms with E-state index in [-0.39, 0.29) is 5.91 Å². The number of amides is 1. The monoisotopic (exact) mass is 205 g/mol. The molecule has 80 valence electrons. The van der Waals surface area contributed by atoms with Crippen LogP contribution in [0.15, 0.2) is 24.3 Å². The Balaban J connectivity index is 1.99. The second-order valence-corrected chi connectivity index (χ2v) is 3.81. The van der Waals surface area contributed by atoms with Gasteiger partial charge in [-0.05, 0) is 17.7 Å². The molecule has 1 saturated heterocycles. The standard InChI is InChI=1S/C11H15N3O/c12-10-3-1-2-9(6-10)7-14-5-4-13-11(15)8-14/h1-3,6H,4-5,7-8,12H2,(H,13,15). The molecule has 0 spiro atoms. The molecule has 2 rings (SSSR count). The number of benzene rings is 1. The summed E-state index contributed by atoms with van der Waals surface area (Å²) in [6.45, 7) is 2.91. The molecule has 0 radical (unpaired) electrons. The molecule has 1 aromatic rings. The molecule has 15 heavy (non-hydrogen) atoms. The van der Waals surface area contributed by atoms with Crippen molar-refractivity contribution in [1.29, 1.82) is 0 Å². The third-order valence-electron chi connectivity index (χ3n) is 2.47. The first-order chi connectivity index (χ1) is 7.24. The Kier molecular flexibility index (Phi) is 2.87. The van der Waals surface area contributed by atoms with E-state index in [0.717, 1.165) is 30.9 Å². The minimum Gasteiger partial charge on any atom is -0.399 e. The molecule has 0 aliphatic carbocycles. The minimum absolute atomic E-state index is 0.102. The lowest BCUT2D eigenvalue weighted by Gasteiger charge is -2.26. The third-order valence-corrected chi connectivity index (χ3v) is 2.47. The van der Waals surface area contributed by atoms with Crippen molar-refractivity contribution in [3.63, 3.8) is 0 Å². The fraction of sp³-hybridized carbons (Fsp3) is 0.364. The summed E-state index contributed by atoms with van der Waals surface area (Å²) in [5.74, 6) is 0.102. The van der Waals surface area contributed by atoms with Crippen LogP contribution in [0.25, 0.3) is 0 Å². The van der Waals surface area contributed by atoms with Gasteiger partial charge >= 0.3 is 0 Å². The predicted octanol–water partition coefficient (Wildman–Crippen LogP) is 0.201. The Hall–Kier alpha value is -1.55. The number of nitrogen functional groups attached to an aromatic ring is 1. The van der Waals surface area contributed by atoms with Gasteiger partial charge in [0, 0.05) is 25.3 Å². The SMILES string of the molecule is Nc1cccc(CN2CCNC(=O)C2)c1. The molecule has 4 nitrogen and oxygen atoms in total. The van der Waals surface area contributed by atoms with Crippen LogP contribution in [0.2, 0.25) is 0 Å². The number of rotatable bonds is 2. The van der Waals surface area contributed by atoms with Crippen LogP contribution in [-0.2, 0) is 11.3 Å². The molecule has 1 aliphatic rings. The lowest BCUT2D eigenvalue weighted by molar-refractivity contribution is -0.124. The van der Waals surface area contributed by atoms with Gasteiger partial charge in [-0.1, -0.05) is 12.1 Å². The van der Waals surface area contributed by atoms with Gasteiger partial charge in [0.05, 0.1) is 6.54 Å². The quantitative estimate of drug-likeness (QED) is 0.678. The lowest BCUT2D eigenvalue weighted by Crippen LogP contribution is -2.47. The highest BCUT2D eigenvalue weighted by Crippen LogP contribution is 2.09. The van der Waals surface area contributed by atoms with Crippen LogP contribution in [0.1, 0.15) is 5.56 Å². The summed E-state index contributed by atoms with van der Waals surface area (Å²) in [5.41, 5.74) is 7.62. The molecular formula is C11H15N3O. The molecule has 0 bridgehead atoms. The Morgan fingerprint density at radius 1 is 1.47 bits per heavy atom. The van der Waals surface area contributed by atoms with Gasteiger partial charge in [0.25, 0.3) is 0 Å². The summed E-state index contributed by atoms with van der Waals surface area (Å²) in [7, 11) is 0. The van der Waals surface area contributed by atoms with E-state index in [0.29, 0.717) is 6.54 Å². The van der Waals surface area contributed by atoms with Crippen molar-refractivity contribution in [1.82, 2.24) is 10.2 Å². The topological polar surface area (TPSA) is 58.4 Å². The van der Waals surface area contributed by atoms with E-state index in [1.807, 2.05) is 24.3 Å². The van der Waals surface area contributed by atoms with Gasteiger partial charge in [0.2, 0.25) is 5.91 Å². The number of nitrogens with zero attached hydrogens (tertiary/aromatic N) is 1. The Morgan fingerprint density at radius 2 is 2.33 bits per heavy atom. The molecule has 0 unspecified atom stereocenters. The lowest BCUT2D eigenvalue weighted by atomic mass is 10.2. The first kappa shape index (κ1) is 9.98. The number of anilines is 1. The molecule has 1 heterocycles. The molecule has 0 aromatic heterocycles. The average molecular weight is 205 g/mol. The van der Waals surface area contributed by atoms with E-state index in [4.69, 9.17) is 5.73 Å². The van der Waals surface area contributed by atoms with Crippen molar-refractivity contribution in [3.05, 3.63) is 29.8 Å². The van der Waals surface area contributed by atoms with E-state index in [1.165, 1.54) is 0 Å². The second-order valence-electron chi connectivity index (χ2n) is 3.81. The second kappa shape index (κ2) is 4.31. The van der Waals surface area contributed by atoms with E-state index in [2.05, 4.69) is 10.2 Å². The van der Waals surface area contributed by atoms with Crippen molar-refractivity contribution in [2.45, 2.75) is 6.54 Å². The molecule has 1 amide bonds. The highest BCUT2D eigenvalue weighted by molar-refractivity contribution is 5.78. The summed E-state index contributed by atoms with van der Waals surface area (Å²) in [6.07, 6.45) is 0. The largest absolute Gasteiger partial charge is 0.399 e. The number of carbonyl (C=O) groups is 1. The normalized spacial score (nSPS) is 17.5. The van der Waals surface area contributed by atoms with Gasteiger partial charge in [-0.2, -0.15) is 0 Å². The smallest absolute Gasteiger partial charge is 0.234 e. The first-order valence-corrected chi connectivity index (χ1v) is 5.07. The predicted molar refractivity (Wildman–Crippen MR) is 59.1 cm³/mol. The summed E-state index contributed by atoms with van der Waals surface area (Å²) in [6, 6.07) is 7.79. The van der Waals surface area contributed by atoms with Crippen molar-refractivity contribution in [3.8, 4) is 0 Å². The van der Waals surface area contributed by atoms with Crippen LogP contribution in [0.5, 0.6) is 0 Å². The number of carbonyl (C=O) groups excluding carboxylic acids is 1. The summed E-state index contributed by atoms with van der Waals surface area (Å²) in [5, 5.41) is 2.80. The summed E-state index contributed by atoms with van der Waals surface area (Å²) >= 11 is 0. The highest BCUT2D eigenvalue weighted by atomic mass is 16.2. The Bertz CT molecular complexity index is 365. The van der Waals surface area contributed by atoms with E-state index < -0.39 is 0 Å². The average Bonchev–Trinajstić information content (AvgIpc) is 2.17. The summed E-state index contributed by atoms with van der Waals surface area (Å²) < 4.78 is 0. The zero-order chi connectivity index (χ0) is 10.7. The van der Waals surface area contributed by atoms with E-state index in [9.17, 15) is 4.79 Å². The van der Waals surface area contributed by atoms with Gasteiger partial charge < -0.3 is 11.1 Å². The number of hydrogen-bond acceptors (Lipinski definition) is 3. The fourth-order valence-electron chi connectivity index (χ4n) is 1.78. The van der Waals surface area contributed by atoms with Crippen molar-refractivity contribution < 1.29 is 4.79 Å². The third kappa shape index (κ3) is 2.70. The molecular weight excluding hydrogens is 190 g/mol. The van der Waals surface area contributed by atoms with Crippen LogP contribution in [0, 0.1) is 0 Å². The van der Waals surface area contributed by atoms with Crippen molar-refractivity contribution >= 4 is 11.6 Å². The zero-order valence-electron chi connectivity index (χ0n) is 8.57.